The summed E-state index contributed by atoms with van der Waals surface area (Å²) < 4.78 is 2.22. The van der Waals surface area contributed by atoms with Crippen molar-refractivity contribution in [2.45, 2.75) is 44.2 Å². The normalized spacial score (nSPS) is 29.9. The maximum atomic E-state index is 13.8. The molecule has 4 heterocycles. The zero-order valence-electron chi connectivity index (χ0n) is 18.3. The number of hydrogen-bond donors (Lipinski definition) is 1. The van der Waals surface area contributed by atoms with E-state index in [4.69, 9.17) is 9.98 Å². The van der Waals surface area contributed by atoms with Gasteiger partial charge in [0.25, 0.3) is 0 Å². The lowest BCUT2D eigenvalue weighted by Crippen LogP contribution is -2.57. The van der Waals surface area contributed by atoms with Crippen molar-refractivity contribution in [1.82, 2.24) is 14.9 Å². The van der Waals surface area contributed by atoms with Crippen LogP contribution in [0, 0.1) is 5.41 Å². The molecule has 6 heteroatoms. The van der Waals surface area contributed by atoms with Gasteiger partial charge in [0.1, 0.15) is 5.82 Å². The minimum absolute atomic E-state index is 0.0502. The fourth-order valence-electron chi connectivity index (χ4n) is 6.03. The van der Waals surface area contributed by atoms with Gasteiger partial charge in [0, 0.05) is 18.1 Å². The third kappa shape index (κ3) is 2.82. The van der Waals surface area contributed by atoms with Crippen LogP contribution in [0.2, 0.25) is 0 Å². The second kappa shape index (κ2) is 7.07. The Kier molecular flexibility index (Phi) is 4.37. The van der Waals surface area contributed by atoms with Gasteiger partial charge in [0.15, 0.2) is 5.17 Å². The van der Waals surface area contributed by atoms with Crippen LogP contribution in [0.25, 0.3) is 0 Å². The highest BCUT2D eigenvalue weighted by Gasteiger charge is 2.59. The molecule has 0 fully saturated rings. The summed E-state index contributed by atoms with van der Waals surface area (Å²) in [7, 11) is 0. The molecular formula is C26H26N4OS. The molecule has 2 aromatic carbocycles. The van der Waals surface area contributed by atoms with Gasteiger partial charge in [-0.15, -0.1) is 0 Å². The van der Waals surface area contributed by atoms with Gasteiger partial charge in [-0.1, -0.05) is 66.4 Å². The quantitative estimate of drug-likeness (QED) is 0.657. The summed E-state index contributed by atoms with van der Waals surface area (Å²) in [4.78, 5) is 23.3. The Morgan fingerprint density at radius 2 is 1.94 bits per heavy atom. The maximum absolute atomic E-state index is 13.8. The number of nitrogens with zero attached hydrogens (tertiary/aromatic N) is 3. The molecule has 32 heavy (non-hydrogen) atoms. The predicted octanol–water partition coefficient (Wildman–Crippen LogP) is 4.33. The molecule has 162 valence electrons. The lowest BCUT2D eigenvalue weighted by molar-refractivity contribution is -0.133. The lowest BCUT2D eigenvalue weighted by atomic mass is 9.55. The molecule has 3 aromatic rings. The van der Waals surface area contributed by atoms with Crippen molar-refractivity contribution < 1.29 is 4.79 Å². The largest absolute Gasteiger partial charge is 0.326 e. The van der Waals surface area contributed by atoms with E-state index in [1.807, 2.05) is 18.5 Å². The topological polar surface area (TPSA) is 59.3 Å². The van der Waals surface area contributed by atoms with Gasteiger partial charge in [0.05, 0.1) is 22.9 Å². The number of benzene rings is 2. The number of thioether (sulfide) groups is 1. The highest BCUT2D eigenvalue weighted by molar-refractivity contribution is 8.14. The molecule has 4 aliphatic rings. The number of hydrogen-bond acceptors (Lipinski definition) is 4. The molecule has 4 unspecified atom stereocenters. The molecule has 7 rings (SSSR count). The summed E-state index contributed by atoms with van der Waals surface area (Å²) in [5, 5.41) is 3.95. The second-order valence-electron chi connectivity index (χ2n) is 9.62. The fraction of sp³-hybridized carbons (Fsp3) is 0.346. The molecule has 0 spiro atoms. The van der Waals surface area contributed by atoms with Crippen LogP contribution in [0.3, 0.4) is 0 Å². The van der Waals surface area contributed by atoms with Crippen molar-refractivity contribution in [3.8, 4) is 0 Å². The van der Waals surface area contributed by atoms with Crippen LogP contribution < -0.4 is 5.32 Å². The molecule has 2 bridgehead atoms. The highest BCUT2D eigenvalue weighted by atomic mass is 32.2. The molecule has 0 saturated carbocycles. The first-order valence-electron chi connectivity index (χ1n) is 11.2. The van der Waals surface area contributed by atoms with Gasteiger partial charge < -0.3 is 9.88 Å². The van der Waals surface area contributed by atoms with Crippen molar-refractivity contribution in [3.05, 3.63) is 89.5 Å². The Hall–Kier alpha value is -2.86. The van der Waals surface area contributed by atoms with Crippen LogP contribution in [0.4, 0.5) is 0 Å². The molecule has 1 aromatic heterocycles. The van der Waals surface area contributed by atoms with E-state index in [1.165, 1.54) is 16.7 Å². The second-order valence-corrected chi connectivity index (χ2v) is 10.6. The summed E-state index contributed by atoms with van der Waals surface area (Å²) in [5.41, 5.74) is 2.93. The number of aliphatic imine (C=N–C) groups is 1. The van der Waals surface area contributed by atoms with E-state index in [0.29, 0.717) is 0 Å². The number of fused-ring (bicyclic) bond motifs is 1. The average Bonchev–Trinajstić information content (AvgIpc) is 3.45. The van der Waals surface area contributed by atoms with E-state index in [0.717, 1.165) is 29.6 Å². The van der Waals surface area contributed by atoms with Crippen molar-refractivity contribution in [2.24, 2.45) is 10.4 Å². The van der Waals surface area contributed by atoms with Crippen LogP contribution in [0.15, 0.2) is 72.0 Å². The van der Waals surface area contributed by atoms with E-state index in [2.05, 4.69) is 72.3 Å². The van der Waals surface area contributed by atoms with Crippen molar-refractivity contribution >= 4 is 22.8 Å². The minimum atomic E-state index is -0.586. The van der Waals surface area contributed by atoms with Gasteiger partial charge in [-0.05, 0) is 43.4 Å². The third-order valence-electron chi connectivity index (χ3n) is 7.38. The number of imidazole rings is 1. The van der Waals surface area contributed by atoms with Gasteiger partial charge in [-0.25, -0.2) is 4.98 Å². The predicted molar refractivity (Wildman–Crippen MR) is 128 cm³/mol. The number of aromatic nitrogens is 2. The Balaban J connectivity index is 1.29. The Bertz CT molecular complexity index is 1240. The molecule has 3 aliphatic heterocycles. The van der Waals surface area contributed by atoms with Crippen LogP contribution >= 0.6 is 11.8 Å². The molecule has 1 N–H and O–H groups in total. The fourth-order valence-corrected chi connectivity index (χ4v) is 6.96. The lowest BCUT2D eigenvalue weighted by Gasteiger charge is -2.54. The standard InChI is InChI=1S/C26H26N4OS/c1-25-16-26(2,21(30-13-12-27-22(25)30)19-10-6-7-11-20(19)25)23(31)29-24-28-18(15-32-24)14-17-8-4-3-5-9-17/h3-13,18,21H,14-16H2,1-2H3,(H,28,29,31). The maximum Gasteiger partial charge on any atom is 0.234 e. The summed E-state index contributed by atoms with van der Waals surface area (Å²) in [6, 6.07) is 19.1. The Morgan fingerprint density at radius 1 is 1.16 bits per heavy atom. The Morgan fingerprint density at radius 3 is 2.78 bits per heavy atom. The number of amidine groups is 1. The molecule has 4 atom stereocenters. The zero-order valence-corrected chi connectivity index (χ0v) is 19.1. The summed E-state index contributed by atoms with van der Waals surface area (Å²) >= 11 is 1.65. The number of carbonyl (C=O) groups excluding carboxylic acids is 1. The van der Waals surface area contributed by atoms with Crippen LogP contribution in [-0.2, 0) is 16.6 Å². The number of carbonyl (C=O) groups is 1. The molecule has 5 nitrogen and oxygen atoms in total. The summed E-state index contributed by atoms with van der Waals surface area (Å²) in [6.07, 6.45) is 5.52. The monoisotopic (exact) mass is 442 g/mol. The Labute approximate surface area is 192 Å². The first-order valence-corrected chi connectivity index (χ1v) is 12.2. The number of rotatable bonds is 3. The average molecular weight is 443 g/mol. The van der Waals surface area contributed by atoms with E-state index < -0.39 is 5.41 Å². The van der Waals surface area contributed by atoms with Crippen molar-refractivity contribution in [2.75, 3.05) is 5.75 Å². The van der Waals surface area contributed by atoms with Gasteiger partial charge in [-0.2, -0.15) is 0 Å². The van der Waals surface area contributed by atoms with E-state index in [1.54, 1.807) is 11.8 Å². The van der Waals surface area contributed by atoms with Crippen molar-refractivity contribution in [1.29, 1.82) is 0 Å². The van der Waals surface area contributed by atoms with Crippen molar-refractivity contribution in [3.63, 3.8) is 0 Å². The molecule has 1 amide bonds. The van der Waals surface area contributed by atoms with Gasteiger partial charge >= 0.3 is 0 Å². The molecule has 0 saturated heterocycles. The summed E-state index contributed by atoms with van der Waals surface area (Å²) in [5.74, 6) is 2.01. The van der Waals surface area contributed by atoms with E-state index >= 15 is 0 Å². The first kappa shape index (κ1) is 19.8. The number of nitrogens with one attached hydrogen (secondary N) is 1. The highest BCUT2D eigenvalue weighted by Crippen LogP contribution is 2.60. The van der Waals surface area contributed by atoms with E-state index in [-0.39, 0.29) is 23.4 Å². The molecule has 1 aliphatic carbocycles. The van der Waals surface area contributed by atoms with Gasteiger partial charge in [-0.3, -0.25) is 9.79 Å². The first-order chi connectivity index (χ1) is 15.5. The molecule has 0 radical (unpaired) electrons. The zero-order chi connectivity index (χ0) is 21.9. The summed E-state index contributed by atoms with van der Waals surface area (Å²) in [6.45, 7) is 4.33. The van der Waals surface area contributed by atoms with E-state index in [9.17, 15) is 4.79 Å². The van der Waals surface area contributed by atoms with Crippen LogP contribution in [-0.4, -0.2) is 32.4 Å². The third-order valence-corrected chi connectivity index (χ3v) is 8.41. The molecular weight excluding hydrogens is 416 g/mol. The smallest absolute Gasteiger partial charge is 0.234 e. The SMILES string of the molecule is CC12CC(C)(C(=O)NC3=NC(Cc4ccccc4)CS3)C(c3ccccc31)n1ccnc12. The van der Waals surface area contributed by atoms with Crippen LogP contribution in [0.5, 0.6) is 0 Å². The number of amides is 1. The van der Waals surface area contributed by atoms with Gasteiger partial charge in [0.2, 0.25) is 5.91 Å². The minimum Gasteiger partial charge on any atom is -0.326 e. The van der Waals surface area contributed by atoms with Crippen LogP contribution in [0.1, 0.15) is 48.8 Å².